The number of likely N-dealkylation sites (N-methyl/N-ethyl adjacent to an activating group) is 1. The number of nitrogens with zero attached hydrogens (tertiary/aromatic N) is 1. The Morgan fingerprint density at radius 2 is 2.27 bits per heavy atom. The molecule has 0 aromatic heterocycles. The molecular weight excluding hydrogens is 190 g/mol. The SMILES string of the molecule is CCNC(=O)C(C)N1CC(C)CC(N)C1. The van der Waals surface area contributed by atoms with E-state index in [0.717, 1.165) is 19.5 Å². The van der Waals surface area contributed by atoms with E-state index in [1.807, 2.05) is 13.8 Å². The van der Waals surface area contributed by atoms with Crippen molar-refractivity contribution in [2.24, 2.45) is 11.7 Å². The Morgan fingerprint density at radius 1 is 1.60 bits per heavy atom. The van der Waals surface area contributed by atoms with Gasteiger partial charge in [0.25, 0.3) is 0 Å². The zero-order chi connectivity index (χ0) is 11.4. The lowest BCUT2D eigenvalue weighted by Crippen LogP contribution is -2.54. The van der Waals surface area contributed by atoms with Gasteiger partial charge in [0.15, 0.2) is 0 Å². The van der Waals surface area contributed by atoms with Crippen LogP contribution in [0.15, 0.2) is 0 Å². The summed E-state index contributed by atoms with van der Waals surface area (Å²) in [6, 6.07) is 0.157. The van der Waals surface area contributed by atoms with Gasteiger partial charge in [0.1, 0.15) is 0 Å². The second kappa shape index (κ2) is 5.47. The Hall–Kier alpha value is -0.610. The predicted octanol–water partition coefficient (Wildman–Crippen LogP) is 0.180. The number of likely N-dealkylation sites (tertiary alicyclic amines) is 1. The van der Waals surface area contributed by atoms with Crippen LogP contribution in [0, 0.1) is 5.92 Å². The molecule has 0 radical (unpaired) electrons. The highest BCUT2D eigenvalue weighted by molar-refractivity contribution is 5.81. The van der Waals surface area contributed by atoms with Gasteiger partial charge in [-0.2, -0.15) is 0 Å². The van der Waals surface area contributed by atoms with Crippen LogP contribution in [-0.4, -0.2) is 42.5 Å². The molecule has 0 aromatic carbocycles. The third-order valence-electron chi connectivity index (χ3n) is 3.00. The number of amides is 1. The van der Waals surface area contributed by atoms with Gasteiger partial charge in [-0.3, -0.25) is 9.69 Å². The van der Waals surface area contributed by atoms with E-state index in [1.165, 1.54) is 0 Å². The highest BCUT2D eigenvalue weighted by Crippen LogP contribution is 2.17. The summed E-state index contributed by atoms with van der Waals surface area (Å²) in [7, 11) is 0. The van der Waals surface area contributed by atoms with Crippen molar-refractivity contribution < 1.29 is 4.79 Å². The lowest BCUT2D eigenvalue weighted by atomic mass is 9.95. The van der Waals surface area contributed by atoms with Gasteiger partial charge in [-0.05, 0) is 26.2 Å². The third-order valence-corrected chi connectivity index (χ3v) is 3.00. The number of nitrogens with two attached hydrogens (primary N) is 1. The Labute approximate surface area is 92.2 Å². The topological polar surface area (TPSA) is 58.4 Å². The fourth-order valence-electron chi connectivity index (χ4n) is 2.25. The minimum atomic E-state index is -0.0567. The van der Waals surface area contributed by atoms with Crippen molar-refractivity contribution in [1.82, 2.24) is 10.2 Å². The van der Waals surface area contributed by atoms with Crippen LogP contribution in [-0.2, 0) is 4.79 Å². The van der Waals surface area contributed by atoms with E-state index in [9.17, 15) is 4.79 Å². The van der Waals surface area contributed by atoms with Crippen LogP contribution in [0.25, 0.3) is 0 Å². The van der Waals surface area contributed by atoms with Gasteiger partial charge in [0, 0.05) is 25.7 Å². The molecule has 88 valence electrons. The summed E-state index contributed by atoms with van der Waals surface area (Å²) in [6.07, 6.45) is 1.07. The van der Waals surface area contributed by atoms with E-state index < -0.39 is 0 Å². The molecule has 1 fully saturated rings. The summed E-state index contributed by atoms with van der Waals surface area (Å²) in [5, 5.41) is 2.85. The summed E-state index contributed by atoms with van der Waals surface area (Å²) in [5.74, 6) is 0.699. The van der Waals surface area contributed by atoms with Crippen molar-refractivity contribution in [2.75, 3.05) is 19.6 Å². The molecule has 0 spiro atoms. The number of hydrogen-bond acceptors (Lipinski definition) is 3. The first-order valence-electron chi connectivity index (χ1n) is 5.82. The molecule has 3 N–H and O–H groups in total. The largest absolute Gasteiger partial charge is 0.355 e. The molecule has 1 rings (SSSR count). The van der Waals surface area contributed by atoms with E-state index >= 15 is 0 Å². The van der Waals surface area contributed by atoms with Crippen LogP contribution in [0.5, 0.6) is 0 Å². The van der Waals surface area contributed by atoms with Crippen molar-refractivity contribution in [3.05, 3.63) is 0 Å². The molecule has 3 atom stereocenters. The molecule has 3 unspecified atom stereocenters. The smallest absolute Gasteiger partial charge is 0.237 e. The Kier molecular flexibility index (Phi) is 4.54. The molecule has 1 amide bonds. The van der Waals surface area contributed by atoms with Crippen molar-refractivity contribution in [2.45, 2.75) is 39.3 Å². The Morgan fingerprint density at radius 3 is 2.80 bits per heavy atom. The molecule has 1 aliphatic rings. The predicted molar refractivity (Wildman–Crippen MR) is 61.5 cm³/mol. The molecule has 0 aliphatic carbocycles. The lowest BCUT2D eigenvalue weighted by Gasteiger charge is -2.37. The second-order valence-electron chi connectivity index (χ2n) is 4.63. The molecule has 1 heterocycles. The normalized spacial score (nSPS) is 29.9. The third kappa shape index (κ3) is 3.47. The summed E-state index contributed by atoms with van der Waals surface area (Å²) >= 11 is 0. The minimum absolute atomic E-state index is 0.0567. The van der Waals surface area contributed by atoms with Crippen molar-refractivity contribution in [1.29, 1.82) is 0 Å². The number of carbonyl (C=O) groups is 1. The highest BCUT2D eigenvalue weighted by atomic mass is 16.2. The molecule has 15 heavy (non-hydrogen) atoms. The monoisotopic (exact) mass is 213 g/mol. The summed E-state index contributed by atoms with van der Waals surface area (Å²) in [5.41, 5.74) is 5.95. The van der Waals surface area contributed by atoms with Crippen LogP contribution < -0.4 is 11.1 Å². The maximum absolute atomic E-state index is 11.7. The Balaban J connectivity index is 2.51. The minimum Gasteiger partial charge on any atom is -0.355 e. The van der Waals surface area contributed by atoms with Gasteiger partial charge >= 0.3 is 0 Å². The number of rotatable bonds is 3. The molecule has 0 bridgehead atoms. The van der Waals surface area contributed by atoms with Gasteiger partial charge in [-0.25, -0.2) is 0 Å². The molecule has 1 saturated heterocycles. The van der Waals surface area contributed by atoms with Crippen LogP contribution in [0.2, 0.25) is 0 Å². The number of carbonyl (C=O) groups excluding carboxylic acids is 1. The zero-order valence-corrected chi connectivity index (χ0v) is 9.99. The van der Waals surface area contributed by atoms with Crippen molar-refractivity contribution >= 4 is 5.91 Å². The highest BCUT2D eigenvalue weighted by Gasteiger charge is 2.28. The summed E-state index contributed by atoms with van der Waals surface area (Å²) in [6.45, 7) is 8.59. The van der Waals surface area contributed by atoms with Gasteiger partial charge < -0.3 is 11.1 Å². The Bertz CT molecular complexity index is 210. The van der Waals surface area contributed by atoms with Gasteiger partial charge in [0.2, 0.25) is 5.91 Å². The van der Waals surface area contributed by atoms with Crippen LogP contribution in [0.4, 0.5) is 0 Å². The fourth-order valence-corrected chi connectivity index (χ4v) is 2.25. The zero-order valence-electron chi connectivity index (χ0n) is 9.99. The number of nitrogens with one attached hydrogen (secondary N) is 1. The molecular formula is C11H23N3O. The maximum atomic E-state index is 11.7. The molecule has 4 heteroatoms. The fraction of sp³-hybridized carbons (Fsp3) is 0.909. The quantitative estimate of drug-likeness (QED) is 0.703. The van der Waals surface area contributed by atoms with E-state index in [-0.39, 0.29) is 18.0 Å². The summed E-state index contributed by atoms with van der Waals surface area (Å²) < 4.78 is 0. The maximum Gasteiger partial charge on any atom is 0.237 e. The van der Waals surface area contributed by atoms with E-state index in [4.69, 9.17) is 5.73 Å². The van der Waals surface area contributed by atoms with Crippen LogP contribution in [0.3, 0.4) is 0 Å². The average molecular weight is 213 g/mol. The summed E-state index contributed by atoms with van der Waals surface area (Å²) in [4.78, 5) is 13.8. The molecule has 4 nitrogen and oxygen atoms in total. The van der Waals surface area contributed by atoms with E-state index in [2.05, 4.69) is 17.1 Å². The first-order valence-corrected chi connectivity index (χ1v) is 5.82. The lowest BCUT2D eigenvalue weighted by molar-refractivity contribution is -0.126. The molecule has 1 aliphatic heterocycles. The first kappa shape index (κ1) is 12.5. The average Bonchev–Trinajstić information content (AvgIpc) is 2.15. The van der Waals surface area contributed by atoms with E-state index in [1.54, 1.807) is 0 Å². The van der Waals surface area contributed by atoms with Crippen molar-refractivity contribution in [3.63, 3.8) is 0 Å². The van der Waals surface area contributed by atoms with Gasteiger partial charge in [-0.15, -0.1) is 0 Å². The van der Waals surface area contributed by atoms with Crippen LogP contribution in [0.1, 0.15) is 27.2 Å². The number of hydrogen-bond donors (Lipinski definition) is 2. The standard InChI is InChI=1S/C11H23N3O/c1-4-13-11(15)9(3)14-6-8(2)5-10(12)7-14/h8-10H,4-7,12H2,1-3H3,(H,13,15). The van der Waals surface area contributed by atoms with Gasteiger partial charge in [0.05, 0.1) is 6.04 Å². The van der Waals surface area contributed by atoms with Crippen LogP contribution >= 0.6 is 0 Å². The number of piperidine rings is 1. The second-order valence-corrected chi connectivity index (χ2v) is 4.63. The molecule has 0 aromatic rings. The molecule has 0 saturated carbocycles. The van der Waals surface area contributed by atoms with E-state index in [0.29, 0.717) is 12.5 Å². The van der Waals surface area contributed by atoms with Crippen molar-refractivity contribution in [3.8, 4) is 0 Å². The first-order chi connectivity index (χ1) is 7.04. The van der Waals surface area contributed by atoms with Gasteiger partial charge in [-0.1, -0.05) is 6.92 Å².